The van der Waals surface area contributed by atoms with E-state index >= 15 is 0 Å². The van der Waals surface area contributed by atoms with Gasteiger partial charge in [0, 0.05) is 6.54 Å². The number of benzene rings is 2. The molecular weight excluding hydrogens is 303 g/mol. The van der Waals surface area contributed by atoms with Gasteiger partial charge in [-0.1, -0.05) is 42.5 Å². The lowest BCUT2D eigenvalue weighted by atomic mass is 10.0. The van der Waals surface area contributed by atoms with Crippen molar-refractivity contribution < 1.29 is 9.50 Å². The molecule has 1 atom stereocenters. The Kier molecular flexibility index (Phi) is 5.39. The number of aliphatic hydroxyl groups excluding tert-OH is 1. The molecule has 0 fully saturated rings. The normalized spacial score (nSPS) is 12.2. The van der Waals surface area contributed by atoms with Gasteiger partial charge in [-0.25, -0.2) is 9.37 Å². The molecule has 1 N–H and O–H groups in total. The second kappa shape index (κ2) is 7.88. The summed E-state index contributed by atoms with van der Waals surface area (Å²) >= 11 is 0. The summed E-state index contributed by atoms with van der Waals surface area (Å²) in [5.74, 6) is -0.219. The van der Waals surface area contributed by atoms with Crippen molar-refractivity contribution in [2.45, 2.75) is 31.9 Å². The lowest BCUT2D eigenvalue weighted by Crippen LogP contribution is -2.08. The van der Waals surface area contributed by atoms with Crippen LogP contribution < -0.4 is 0 Å². The van der Waals surface area contributed by atoms with E-state index in [4.69, 9.17) is 0 Å². The molecule has 0 saturated carbocycles. The third-order valence-corrected chi connectivity index (χ3v) is 4.14. The minimum Gasteiger partial charge on any atom is -0.387 e. The Hall–Kier alpha value is -2.46. The number of aryl methyl sites for hydroxylation is 1. The van der Waals surface area contributed by atoms with Crippen LogP contribution in [0.25, 0.3) is 0 Å². The van der Waals surface area contributed by atoms with Crippen molar-refractivity contribution in [3.8, 4) is 0 Å². The van der Waals surface area contributed by atoms with Gasteiger partial charge in [0.25, 0.3) is 0 Å². The molecule has 1 heterocycles. The second-order valence-electron chi connectivity index (χ2n) is 5.97. The van der Waals surface area contributed by atoms with E-state index in [1.807, 2.05) is 22.8 Å². The maximum atomic E-state index is 12.9. The van der Waals surface area contributed by atoms with Crippen LogP contribution in [0.4, 0.5) is 4.39 Å². The van der Waals surface area contributed by atoms with Crippen molar-refractivity contribution in [2.75, 3.05) is 0 Å². The molecule has 124 valence electrons. The van der Waals surface area contributed by atoms with Gasteiger partial charge >= 0.3 is 0 Å². The van der Waals surface area contributed by atoms with E-state index in [-0.39, 0.29) is 5.82 Å². The topological polar surface area (TPSA) is 38.1 Å². The van der Waals surface area contributed by atoms with Crippen molar-refractivity contribution in [2.24, 2.45) is 0 Å². The molecule has 0 spiro atoms. The van der Waals surface area contributed by atoms with E-state index in [1.54, 1.807) is 24.7 Å². The van der Waals surface area contributed by atoms with E-state index < -0.39 is 6.10 Å². The Morgan fingerprint density at radius 2 is 1.75 bits per heavy atom. The number of aromatic nitrogens is 2. The fourth-order valence-corrected chi connectivity index (χ4v) is 2.82. The summed E-state index contributed by atoms with van der Waals surface area (Å²) < 4.78 is 14.9. The van der Waals surface area contributed by atoms with Crippen LogP contribution in [-0.2, 0) is 13.0 Å². The highest BCUT2D eigenvalue weighted by Crippen LogP contribution is 2.20. The number of imidazole rings is 1. The number of hydrogen-bond donors (Lipinski definition) is 1. The van der Waals surface area contributed by atoms with Crippen LogP contribution in [0.2, 0.25) is 0 Å². The monoisotopic (exact) mass is 324 g/mol. The van der Waals surface area contributed by atoms with Crippen molar-refractivity contribution in [3.63, 3.8) is 0 Å². The van der Waals surface area contributed by atoms with Crippen LogP contribution in [0, 0.1) is 5.82 Å². The van der Waals surface area contributed by atoms with Crippen LogP contribution in [0.5, 0.6) is 0 Å². The molecule has 2 aromatic carbocycles. The molecule has 3 aromatic rings. The fourth-order valence-electron chi connectivity index (χ4n) is 2.82. The molecule has 4 heteroatoms. The Bertz CT molecular complexity index is 753. The first-order valence-corrected chi connectivity index (χ1v) is 8.19. The summed E-state index contributed by atoms with van der Waals surface area (Å²) in [5.41, 5.74) is 3.09. The average molecular weight is 324 g/mol. The van der Waals surface area contributed by atoms with Crippen molar-refractivity contribution in [1.29, 1.82) is 0 Å². The summed E-state index contributed by atoms with van der Waals surface area (Å²) in [7, 11) is 0. The molecule has 0 saturated heterocycles. The van der Waals surface area contributed by atoms with Gasteiger partial charge in [0.2, 0.25) is 0 Å². The van der Waals surface area contributed by atoms with Gasteiger partial charge in [0.05, 0.1) is 24.3 Å². The standard InChI is InChI=1S/C20H21FN2O/c21-18-11-9-16(10-12-18)7-4-8-20(24)19-13-22-15-23(19)14-17-5-2-1-3-6-17/h1-3,5-6,9-13,15,20,24H,4,7-8,14H2. The molecule has 3 nitrogen and oxygen atoms in total. The van der Waals surface area contributed by atoms with Gasteiger partial charge < -0.3 is 9.67 Å². The molecule has 24 heavy (non-hydrogen) atoms. The molecule has 0 aliphatic heterocycles. The highest BCUT2D eigenvalue weighted by atomic mass is 19.1. The lowest BCUT2D eigenvalue weighted by molar-refractivity contribution is 0.156. The smallest absolute Gasteiger partial charge is 0.123 e. The lowest BCUT2D eigenvalue weighted by Gasteiger charge is -2.14. The first-order valence-electron chi connectivity index (χ1n) is 8.19. The van der Waals surface area contributed by atoms with E-state index in [1.165, 1.54) is 17.7 Å². The zero-order valence-electron chi connectivity index (χ0n) is 13.5. The predicted molar refractivity (Wildman–Crippen MR) is 92.1 cm³/mol. The molecule has 1 aromatic heterocycles. The number of aliphatic hydroxyl groups is 1. The molecule has 0 amide bonds. The van der Waals surface area contributed by atoms with Crippen LogP contribution >= 0.6 is 0 Å². The third kappa shape index (κ3) is 4.30. The Morgan fingerprint density at radius 3 is 2.50 bits per heavy atom. The van der Waals surface area contributed by atoms with Gasteiger partial charge in [-0.3, -0.25) is 0 Å². The van der Waals surface area contributed by atoms with E-state index in [2.05, 4.69) is 17.1 Å². The van der Waals surface area contributed by atoms with Gasteiger partial charge in [-0.2, -0.15) is 0 Å². The maximum absolute atomic E-state index is 12.9. The first kappa shape index (κ1) is 16.4. The molecule has 3 rings (SSSR count). The molecule has 0 aliphatic carbocycles. The van der Waals surface area contributed by atoms with Crippen molar-refractivity contribution >= 4 is 0 Å². The highest BCUT2D eigenvalue weighted by Gasteiger charge is 2.13. The SMILES string of the molecule is OC(CCCc1ccc(F)cc1)c1cncn1Cc1ccccc1. The van der Waals surface area contributed by atoms with Gasteiger partial charge in [0.15, 0.2) is 0 Å². The van der Waals surface area contributed by atoms with Crippen LogP contribution in [0.15, 0.2) is 67.1 Å². The maximum Gasteiger partial charge on any atom is 0.123 e. The summed E-state index contributed by atoms with van der Waals surface area (Å²) in [6.45, 7) is 0.700. The minimum atomic E-state index is -0.545. The Labute approximate surface area is 141 Å². The zero-order valence-corrected chi connectivity index (χ0v) is 13.5. The van der Waals surface area contributed by atoms with Crippen molar-refractivity contribution in [3.05, 3.63) is 89.8 Å². The van der Waals surface area contributed by atoms with E-state index in [0.717, 1.165) is 24.1 Å². The zero-order chi connectivity index (χ0) is 16.8. The largest absolute Gasteiger partial charge is 0.387 e. The third-order valence-electron chi connectivity index (χ3n) is 4.14. The molecule has 0 radical (unpaired) electrons. The molecule has 1 unspecified atom stereocenters. The number of hydrogen-bond acceptors (Lipinski definition) is 2. The predicted octanol–water partition coefficient (Wildman–Crippen LogP) is 4.13. The van der Waals surface area contributed by atoms with Gasteiger partial charge in [-0.05, 0) is 42.5 Å². The van der Waals surface area contributed by atoms with Gasteiger partial charge in [0.1, 0.15) is 5.82 Å². The number of nitrogens with zero attached hydrogens (tertiary/aromatic N) is 2. The summed E-state index contributed by atoms with van der Waals surface area (Å²) in [6.07, 6.45) is 5.25. The summed E-state index contributed by atoms with van der Waals surface area (Å²) in [6, 6.07) is 16.7. The second-order valence-corrected chi connectivity index (χ2v) is 5.97. The average Bonchev–Trinajstić information content (AvgIpc) is 3.06. The van der Waals surface area contributed by atoms with Crippen LogP contribution in [0.1, 0.15) is 35.8 Å². The van der Waals surface area contributed by atoms with Gasteiger partial charge in [-0.15, -0.1) is 0 Å². The van der Waals surface area contributed by atoms with Crippen LogP contribution in [0.3, 0.4) is 0 Å². The minimum absolute atomic E-state index is 0.219. The first-order chi connectivity index (χ1) is 11.7. The van der Waals surface area contributed by atoms with E-state index in [9.17, 15) is 9.50 Å². The quantitative estimate of drug-likeness (QED) is 0.710. The number of halogens is 1. The summed E-state index contributed by atoms with van der Waals surface area (Å²) in [5, 5.41) is 10.5. The molecular formula is C20H21FN2O. The van der Waals surface area contributed by atoms with E-state index in [0.29, 0.717) is 13.0 Å². The Balaban J connectivity index is 1.56. The van der Waals surface area contributed by atoms with Crippen LogP contribution in [-0.4, -0.2) is 14.7 Å². The number of rotatable bonds is 7. The van der Waals surface area contributed by atoms with Crippen molar-refractivity contribution in [1.82, 2.24) is 9.55 Å². The molecule has 0 aliphatic rings. The molecule has 0 bridgehead atoms. The Morgan fingerprint density at radius 1 is 1.00 bits per heavy atom. The fraction of sp³-hybridized carbons (Fsp3) is 0.250. The highest BCUT2D eigenvalue weighted by molar-refractivity contribution is 5.17. The summed E-state index contributed by atoms with van der Waals surface area (Å²) in [4.78, 5) is 4.18.